The van der Waals surface area contributed by atoms with Crippen molar-refractivity contribution in [1.82, 2.24) is 19.4 Å². The molecule has 0 saturated carbocycles. The first-order valence-corrected chi connectivity index (χ1v) is 11.6. The fourth-order valence-electron chi connectivity index (χ4n) is 3.26. The number of sulfonamides is 1. The lowest BCUT2D eigenvalue weighted by Gasteiger charge is -2.25. The Morgan fingerprint density at radius 3 is 2.53 bits per heavy atom. The highest BCUT2D eigenvalue weighted by Gasteiger charge is 2.26. The molecule has 4 rings (SSSR count). The van der Waals surface area contributed by atoms with Gasteiger partial charge in [0.05, 0.1) is 0 Å². The maximum Gasteiger partial charge on any atom is 0.244 e. The van der Waals surface area contributed by atoms with Gasteiger partial charge in [-0.15, -0.1) is 0 Å². The molecular weight excluding hydrogens is 426 g/mol. The van der Waals surface area contributed by atoms with Crippen molar-refractivity contribution in [3.63, 3.8) is 0 Å². The Morgan fingerprint density at radius 1 is 1.07 bits per heavy atom. The molecule has 0 amide bonds. The van der Waals surface area contributed by atoms with E-state index in [2.05, 4.69) is 20.4 Å². The van der Waals surface area contributed by atoms with Gasteiger partial charge in [-0.1, -0.05) is 23.2 Å². The molecule has 158 valence electrons. The number of nitrogens with one attached hydrogen (secondary N) is 1. The standard InChI is InChI=1S/C20H22ClN5O3S/c21-16-6-4-15(5-7-16)20-24-19(29-25-20)10-11-22-18-9-8-17(14-23-18)30(27,28)26-12-2-1-3-13-26/h4-9,14H,1-3,10-13H2,(H,22,23). The Kier molecular flexibility index (Phi) is 6.31. The molecule has 2 aromatic heterocycles. The second-order valence-corrected chi connectivity index (χ2v) is 9.41. The lowest BCUT2D eigenvalue weighted by Crippen LogP contribution is -2.35. The Balaban J connectivity index is 1.32. The smallest absolute Gasteiger partial charge is 0.244 e. The van der Waals surface area contributed by atoms with Crippen LogP contribution >= 0.6 is 11.6 Å². The largest absolute Gasteiger partial charge is 0.370 e. The van der Waals surface area contributed by atoms with Crippen molar-refractivity contribution in [2.45, 2.75) is 30.6 Å². The second-order valence-electron chi connectivity index (χ2n) is 7.04. The quantitative estimate of drug-likeness (QED) is 0.590. The van der Waals surface area contributed by atoms with Crippen molar-refractivity contribution in [3.8, 4) is 11.4 Å². The van der Waals surface area contributed by atoms with Gasteiger partial charge >= 0.3 is 0 Å². The first-order valence-electron chi connectivity index (χ1n) is 9.81. The Bertz CT molecular complexity index is 1080. The third kappa shape index (κ3) is 4.80. The van der Waals surface area contributed by atoms with Crippen molar-refractivity contribution >= 4 is 27.4 Å². The zero-order valence-corrected chi connectivity index (χ0v) is 17.9. The average Bonchev–Trinajstić information content (AvgIpc) is 3.24. The summed E-state index contributed by atoms with van der Waals surface area (Å²) in [5, 5.41) is 7.77. The molecule has 0 atom stereocenters. The normalized spacial score (nSPS) is 15.2. The third-order valence-electron chi connectivity index (χ3n) is 4.90. The number of halogens is 1. The van der Waals surface area contributed by atoms with Crippen molar-refractivity contribution < 1.29 is 12.9 Å². The first-order chi connectivity index (χ1) is 14.5. The van der Waals surface area contributed by atoms with Crippen molar-refractivity contribution in [1.29, 1.82) is 0 Å². The minimum atomic E-state index is -3.47. The molecule has 0 spiro atoms. The molecule has 0 bridgehead atoms. The van der Waals surface area contributed by atoms with E-state index in [1.54, 1.807) is 24.3 Å². The summed E-state index contributed by atoms with van der Waals surface area (Å²) in [5.74, 6) is 1.59. The molecule has 30 heavy (non-hydrogen) atoms. The van der Waals surface area contributed by atoms with Crippen LogP contribution in [0.25, 0.3) is 11.4 Å². The molecular formula is C20H22ClN5O3S. The van der Waals surface area contributed by atoms with E-state index in [1.165, 1.54) is 10.5 Å². The molecule has 1 aliphatic heterocycles. The van der Waals surface area contributed by atoms with Gasteiger partial charge in [0.2, 0.25) is 21.7 Å². The molecule has 1 saturated heterocycles. The summed E-state index contributed by atoms with van der Waals surface area (Å²) in [6, 6.07) is 10.5. The van der Waals surface area contributed by atoms with Gasteiger partial charge in [-0.25, -0.2) is 13.4 Å². The lowest BCUT2D eigenvalue weighted by molar-refractivity contribution is 0.346. The van der Waals surface area contributed by atoms with Crippen LogP contribution in [0.4, 0.5) is 5.82 Å². The molecule has 10 heteroatoms. The number of nitrogens with zero attached hydrogens (tertiary/aromatic N) is 4. The van der Waals surface area contributed by atoms with Gasteiger partial charge in [-0.3, -0.25) is 0 Å². The highest BCUT2D eigenvalue weighted by molar-refractivity contribution is 7.89. The lowest BCUT2D eigenvalue weighted by atomic mass is 10.2. The van der Waals surface area contributed by atoms with Gasteiger partial charge in [0, 0.05) is 42.8 Å². The average molecular weight is 448 g/mol. The first kappa shape index (κ1) is 20.8. The number of piperidine rings is 1. The monoisotopic (exact) mass is 447 g/mol. The highest BCUT2D eigenvalue weighted by Crippen LogP contribution is 2.21. The molecule has 1 aromatic carbocycles. The number of anilines is 1. The summed E-state index contributed by atoms with van der Waals surface area (Å²) < 4.78 is 32.1. The zero-order chi connectivity index (χ0) is 21.0. The fraction of sp³-hybridized carbons (Fsp3) is 0.350. The summed E-state index contributed by atoms with van der Waals surface area (Å²) >= 11 is 5.89. The summed E-state index contributed by atoms with van der Waals surface area (Å²) in [7, 11) is -3.47. The van der Waals surface area contributed by atoms with Crippen LogP contribution in [0.2, 0.25) is 5.02 Å². The van der Waals surface area contributed by atoms with Crippen LogP contribution < -0.4 is 5.32 Å². The molecule has 3 aromatic rings. The van der Waals surface area contributed by atoms with Crippen LogP contribution in [0.15, 0.2) is 52.0 Å². The molecule has 8 nitrogen and oxygen atoms in total. The van der Waals surface area contributed by atoms with Crippen LogP contribution in [-0.4, -0.2) is 47.5 Å². The highest BCUT2D eigenvalue weighted by atomic mass is 35.5. The number of benzene rings is 1. The van der Waals surface area contributed by atoms with E-state index in [0.29, 0.717) is 48.6 Å². The molecule has 0 unspecified atom stereocenters. The van der Waals surface area contributed by atoms with E-state index < -0.39 is 10.0 Å². The zero-order valence-electron chi connectivity index (χ0n) is 16.3. The minimum absolute atomic E-state index is 0.222. The Labute approximate surface area is 180 Å². The van der Waals surface area contributed by atoms with E-state index in [0.717, 1.165) is 24.8 Å². The van der Waals surface area contributed by atoms with Gasteiger partial charge in [0.15, 0.2) is 0 Å². The van der Waals surface area contributed by atoms with Crippen molar-refractivity contribution in [2.75, 3.05) is 25.0 Å². The fourth-order valence-corrected chi connectivity index (χ4v) is 4.85. The molecule has 0 aliphatic carbocycles. The number of hydrogen-bond donors (Lipinski definition) is 1. The summed E-state index contributed by atoms with van der Waals surface area (Å²) in [6.07, 6.45) is 4.80. The SMILES string of the molecule is O=S(=O)(c1ccc(NCCc2nc(-c3ccc(Cl)cc3)no2)nc1)N1CCCCC1. The van der Waals surface area contributed by atoms with Crippen LogP contribution in [-0.2, 0) is 16.4 Å². The number of aromatic nitrogens is 3. The third-order valence-corrected chi connectivity index (χ3v) is 7.04. The number of pyridine rings is 1. The topological polar surface area (TPSA) is 101 Å². The summed E-state index contributed by atoms with van der Waals surface area (Å²) in [5.41, 5.74) is 0.828. The van der Waals surface area contributed by atoms with Crippen molar-refractivity contribution in [2.24, 2.45) is 0 Å². The second kappa shape index (κ2) is 9.11. The molecule has 1 N–H and O–H groups in total. The predicted octanol–water partition coefficient (Wildman–Crippen LogP) is 3.61. The van der Waals surface area contributed by atoms with E-state index in [1.807, 2.05) is 12.1 Å². The van der Waals surface area contributed by atoms with Gasteiger partial charge in [0.1, 0.15) is 10.7 Å². The molecule has 0 radical (unpaired) electrons. The number of hydrogen-bond acceptors (Lipinski definition) is 7. The summed E-state index contributed by atoms with van der Waals surface area (Å²) in [6.45, 7) is 1.67. The van der Waals surface area contributed by atoms with E-state index in [4.69, 9.17) is 16.1 Å². The van der Waals surface area contributed by atoms with Gasteiger partial charge in [-0.2, -0.15) is 9.29 Å². The molecule has 3 heterocycles. The van der Waals surface area contributed by atoms with Gasteiger partial charge in [-0.05, 0) is 49.2 Å². The van der Waals surface area contributed by atoms with Gasteiger partial charge < -0.3 is 9.84 Å². The van der Waals surface area contributed by atoms with Crippen LogP contribution in [0.5, 0.6) is 0 Å². The molecule has 1 aliphatic rings. The van der Waals surface area contributed by atoms with E-state index in [-0.39, 0.29) is 4.90 Å². The van der Waals surface area contributed by atoms with Crippen LogP contribution in [0.3, 0.4) is 0 Å². The maximum atomic E-state index is 12.7. The van der Waals surface area contributed by atoms with E-state index in [9.17, 15) is 8.42 Å². The summed E-state index contributed by atoms with van der Waals surface area (Å²) in [4.78, 5) is 8.83. The van der Waals surface area contributed by atoms with Crippen molar-refractivity contribution in [3.05, 3.63) is 53.5 Å². The number of rotatable bonds is 7. The predicted molar refractivity (Wildman–Crippen MR) is 114 cm³/mol. The van der Waals surface area contributed by atoms with Crippen LogP contribution in [0, 0.1) is 0 Å². The van der Waals surface area contributed by atoms with Gasteiger partial charge in [0.25, 0.3) is 0 Å². The maximum absolute atomic E-state index is 12.7. The van der Waals surface area contributed by atoms with Crippen LogP contribution in [0.1, 0.15) is 25.2 Å². The minimum Gasteiger partial charge on any atom is -0.370 e. The molecule has 1 fully saturated rings. The van der Waals surface area contributed by atoms with E-state index >= 15 is 0 Å². The Morgan fingerprint density at radius 2 is 1.83 bits per heavy atom. The Hall–Kier alpha value is -2.49.